The van der Waals surface area contributed by atoms with Gasteiger partial charge < -0.3 is 14.3 Å². The van der Waals surface area contributed by atoms with E-state index in [1.165, 1.54) is 6.20 Å². The Labute approximate surface area is 156 Å². The molecule has 0 radical (unpaired) electrons. The standard InChI is InChI=1S/C18H21N7O2/c1-12-10-13(2)25(22-12)17-5-4-16(20-21-17)23-6-8-24(9-7-23)18(26)15-11-19-27-14(15)3/h4-5,10-11H,6-9H2,1-3H3. The third-order valence-electron chi connectivity index (χ3n) is 4.74. The molecule has 0 bridgehead atoms. The Morgan fingerprint density at radius 3 is 2.30 bits per heavy atom. The predicted octanol–water partition coefficient (Wildman–Crippen LogP) is 1.54. The smallest absolute Gasteiger partial charge is 0.259 e. The molecule has 1 amide bonds. The number of carbonyl (C=O) groups excluding carboxylic acids is 1. The second kappa shape index (κ2) is 6.82. The van der Waals surface area contributed by atoms with Crippen molar-refractivity contribution in [1.29, 1.82) is 0 Å². The van der Waals surface area contributed by atoms with Crippen molar-refractivity contribution in [2.45, 2.75) is 20.8 Å². The zero-order valence-corrected chi connectivity index (χ0v) is 15.6. The average molecular weight is 367 g/mol. The lowest BCUT2D eigenvalue weighted by atomic mass is 10.2. The van der Waals surface area contributed by atoms with Crippen molar-refractivity contribution in [3.63, 3.8) is 0 Å². The van der Waals surface area contributed by atoms with Crippen LogP contribution in [0.1, 0.15) is 27.5 Å². The van der Waals surface area contributed by atoms with Crippen LogP contribution in [0, 0.1) is 20.8 Å². The molecule has 1 saturated heterocycles. The van der Waals surface area contributed by atoms with Gasteiger partial charge in [-0.1, -0.05) is 5.16 Å². The van der Waals surface area contributed by atoms with E-state index in [2.05, 4.69) is 25.4 Å². The maximum atomic E-state index is 12.5. The molecule has 1 fully saturated rings. The summed E-state index contributed by atoms with van der Waals surface area (Å²) in [6.07, 6.45) is 1.48. The van der Waals surface area contributed by atoms with Gasteiger partial charge in [0.1, 0.15) is 11.3 Å². The van der Waals surface area contributed by atoms with Gasteiger partial charge in [-0.25, -0.2) is 4.68 Å². The largest absolute Gasteiger partial charge is 0.361 e. The Hall–Kier alpha value is -3.23. The molecule has 0 unspecified atom stereocenters. The minimum atomic E-state index is -0.0423. The van der Waals surface area contributed by atoms with Crippen LogP contribution in [0.2, 0.25) is 0 Å². The van der Waals surface area contributed by atoms with Gasteiger partial charge in [0.25, 0.3) is 5.91 Å². The van der Waals surface area contributed by atoms with Crippen molar-refractivity contribution in [2.24, 2.45) is 0 Å². The first-order chi connectivity index (χ1) is 13.0. The molecule has 0 aliphatic carbocycles. The van der Waals surface area contributed by atoms with Crippen molar-refractivity contribution in [2.75, 3.05) is 31.1 Å². The molecule has 0 spiro atoms. The average Bonchev–Trinajstić information content (AvgIpc) is 3.26. The van der Waals surface area contributed by atoms with Crippen molar-refractivity contribution >= 4 is 11.7 Å². The summed E-state index contributed by atoms with van der Waals surface area (Å²) in [5.41, 5.74) is 2.49. The number of rotatable bonds is 3. The van der Waals surface area contributed by atoms with E-state index in [-0.39, 0.29) is 5.91 Å². The second-order valence-electron chi connectivity index (χ2n) is 6.66. The lowest BCUT2D eigenvalue weighted by molar-refractivity contribution is 0.0744. The van der Waals surface area contributed by atoms with Crippen LogP contribution >= 0.6 is 0 Å². The molecule has 0 saturated carbocycles. The number of aromatic nitrogens is 5. The van der Waals surface area contributed by atoms with E-state index in [9.17, 15) is 4.79 Å². The number of nitrogens with zero attached hydrogens (tertiary/aromatic N) is 7. The summed E-state index contributed by atoms with van der Waals surface area (Å²) in [6, 6.07) is 5.86. The fraction of sp³-hybridized carbons (Fsp3) is 0.389. The summed E-state index contributed by atoms with van der Waals surface area (Å²) >= 11 is 0. The number of hydrogen-bond acceptors (Lipinski definition) is 7. The van der Waals surface area contributed by atoms with Gasteiger partial charge in [-0.05, 0) is 39.0 Å². The van der Waals surface area contributed by atoms with Crippen molar-refractivity contribution in [3.8, 4) is 5.82 Å². The number of anilines is 1. The highest BCUT2D eigenvalue weighted by molar-refractivity contribution is 5.94. The van der Waals surface area contributed by atoms with E-state index in [0.717, 1.165) is 17.2 Å². The van der Waals surface area contributed by atoms with Crippen LogP contribution in [0.4, 0.5) is 5.82 Å². The minimum absolute atomic E-state index is 0.0423. The number of amides is 1. The van der Waals surface area contributed by atoms with E-state index in [0.29, 0.717) is 43.3 Å². The molecule has 27 heavy (non-hydrogen) atoms. The summed E-state index contributed by atoms with van der Waals surface area (Å²) in [6.45, 7) is 8.31. The minimum Gasteiger partial charge on any atom is -0.361 e. The van der Waals surface area contributed by atoms with Crippen LogP contribution in [0.3, 0.4) is 0 Å². The van der Waals surface area contributed by atoms with Crippen LogP contribution in [-0.2, 0) is 0 Å². The third kappa shape index (κ3) is 3.27. The zero-order chi connectivity index (χ0) is 19.0. The van der Waals surface area contributed by atoms with Crippen LogP contribution < -0.4 is 4.90 Å². The Balaban J connectivity index is 1.42. The summed E-state index contributed by atoms with van der Waals surface area (Å²) in [5.74, 6) is 2.00. The molecule has 140 valence electrons. The Morgan fingerprint density at radius 2 is 1.74 bits per heavy atom. The van der Waals surface area contributed by atoms with Gasteiger partial charge >= 0.3 is 0 Å². The van der Waals surface area contributed by atoms with Gasteiger partial charge in [0.05, 0.1) is 11.9 Å². The fourth-order valence-corrected chi connectivity index (χ4v) is 3.27. The molecule has 0 atom stereocenters. The van der Waals surface area contributed by atoms with E-state index in [4.69, 9.17) is 4.52 Å². The molecule has 3 aromatic rings. The van der Waals surface area contributed by atoms with Gasteiger partial charge in [-0.15, -0.1) is 10.2 Å². The molecule has 4 heterocycles. The first kappa shape index (κ1) is 17.2. The summed E-state index contributed by atoms with van der Waals surface area (Å²) in [4.78, 5) is 16.5. The molecule has 0 aromatic carbocycles. The van der Waals surface area contributed by atoms with E-state index < -0.39 is 0 Å². The predicted molar refractivity (Wildman–Crippen MR) is 98.0 cm³/mol. The van der Waals surface area contributed by atoms with Crippen molar-refractivity contribution in [3.05, 3.63) is 47.1 Å². The van der Waals surface area contributed by atoms with Gasteiger partial charge in [0.2, 0.25) is 0 Å². The quantitative estimate of drug-likeness (QED) is 0.693. The highest BCUT2D eigenvalue weighted by atomic mass is 16.5. The molecule has 1 aliphatic rings. The maximum absolute atomic E-state index is 12.5. The first-order valence-corrected chi connectivity index (χ1v) is 8.86. The molecular weight excluding hydrogens is 346 g/mol. The van der Waals surface area contributed by atoms with Crippen LogP contribution in [0.25, 0.3) is 5.82 Å². The number of aryl methyl sites for hydroxylation is 3. The summed E-state index contributed by atoms with van der Waals surface area (Å²) in [5, 5.41) is 16.8. The molecule has 4 rings (SSSR count). The van der Waals surface area contributed by atoms with E-state index in [1.54, 1.807) is 11.6 Å². The lowest BCUT2D eigenvalue weighted by Crippen LogP contribution is -2.49. The fourth-order valence-electron chi connectivity index (χ4n) is 3.27. The number of piperazine rings is 1. The van der Waals surface area contributed by atoms with Gasteiger partial charge in [0, 0.05) is 31.9 Å². The van der Waals surface area contributed by atoms with Gasteiger partial charge in [0.15, 0.2) is 11.6 Å². The van der Waals surface area contributed by atoms with E-state index in [1.807, 2.05) is 36.9 Å². The van der Waals surface area contributed by atoms with Gasteiger partial charge in [-0.2, -0.15) is 5.10 Å². The molecule has 9 nitrogen and oxygen atoms in total. The lowest BCUT2D eigenvalue weighted by Gasteiger charge is -2.35. The Morgan fingerprint density at radius 1 is 1.04 bits per heavy atom. The molecular formula is C18H21N7O2. The number of hydrogen-bond donors (Lipinski definition) is 0. The SMILES string of the molecule is Cc1cc(C)n(-c2ccc(N3CCN(C(=O)c4cnoc4C)CC3)nn2)n1. The number of carbonyl (C=O) groups is 1. The second-order valence-corrected chi connectivity index (χ2v) is 6.66. The Kier molecular flexibility index (Phi) is 4.35. The highest BCUT2D eigenvalue weighted by Gasteiger charge is 2.25. The first-order valence-electron chi connectivity index (χ1n) is 8.86. The molecule has 9 heteroatoms. The van der Waals surface area contributed by atoms with Crippen LogP contribution in [-0.4, -0.2) is 62.1 Å². The van der Waals surface area contributed by atoms with Crippen molar-refractivity contribution in [1.82, 2.24) is 30.0 Å². The Bertz CT molecular complexity index is 953. The summed E-state index contributed by atoms with van der Waals surface area (Å²) < 4.78 is 6.77. The maximum Gasteiger partial charge on any atom is 0.259 e. The molecule has 0 N–H and O–H groups in total. The topological polar surface area (TPSA) is 93.2 Å². The van der Waals surface area contributed by atoms with Gasteiger partial charge in [-0.3, -0.25) is 4.79 Å². The monoisotopic (exact) mass is 367 g/mol. The van der Waals surface area contributed by atoms with Crippen LogP contribution in [0.5, 0.6) is 0 Å². The normalized spacial score (nSPS) is 14.6. The molecule has 1 aliphatic heterocycles. The van der Waals surface area contributed by atoms with E-state index >= 15 is 0 Å². The zero-order valence-electron chi connectivity index (χ0n) is 15.6. The third-order valence-corrected chi connectivity index (χ3v) is 4.74. The van der Waals surface area contributed by atoms with Crippen molar-refractivity contribution < 1.29 is 9.32 Å². The summed E-state index contributed by atoms with van der Waals surface area (Å²) in [7, 11) is 0. The van der Waals surface area contributed by atoms with Crippen LogP contribution in [0.15, 0.2) is 28.9 Å². The highest BCUT2D eigenvalue weighted by Crippen LogP contribution is 2.17. The molecule has 3 aromatic heterocycles.